The maximum Gasteiger partial charge on any atom is 0.311 e. The van der Waals surface area contributed by atoms with Gasteiger partial charge < -0.3 is 4.52 Å². The Labute approximate surface area is 41.5 Å². The van der Waals surface area contributed by atoms with Crippen molar-refractivity contribution in [2.75, 3.05) is 6.16 Å². The largest absolute Gasteiger partial charge is 0.414 e. The van der Waals surface area contributed by atoms with Gasteiger partial charge >= 0.3 is 5.97 Å². The van der Waals surface area contributed by atoms with E-state index in [-0.39, 0.29) is 5.97 Å². The summed E-state index contributed by atoms with van der Waals surface area (Å²) >= 11 is 0. The summed E-state index contributed by atoms with van der Waals surface area (Å²) in [4.78, 5) is 10.1. The van der Waals surface area contributed by atoms with E-state index >= 15 is 0 Å². The Morgan fingerprint density at radius 1 is 1.71 bits per heavy atom. The molecule has 0 aliphatic carbocycles. The predicted molar refractivity (Wildman–Crippen MR) is 24.6 cm³/mol. The van der Waals surface area contributed by atoms with Crippen LogP contribution in [-0.2, 0) is 13.9 Å². The second-order valence-electron chi connectivity index (χ2n) is 1.35. The summed E-state index contributed by atoms with van der Waals surface area (Å²) in [6, 6.07) is 0. The number of hydrogen-bond acceptors (Lipinski definition) is 3. The lowest BCUT2D eigenvalue weighted by molar-refractivity contribution is -0.131. The lowest BCUT2D eigenvalue weighted by Crippen LogP contribution is -1.86. The number of carbonyl (C=O) groups excluding carboxylic acids is 1. The van der Waals surface area contributed by atoms with E-state index in [9.17, 15) is 9.36 Å². The van der Waals surface area contributed by atoms with Crippen molar-refractivity contribution in [2.45, 2.75) is 6.42 Å². The zero-order chi connectivity index (χ0) is 5.28. The molecule has 1 atom stereocenters. The molecule has 4 heteroatoms. The maximum atomic E-state index is 10.2. The molecule has 0 aromatic rings. The van der Waals surface area contributed by atoms with Crippen LogP contribution in [0.3, 0.4) is 0 Å². The first kappa shape index (κ1) is 4.85. The van der Waals surface area contributed by atoms with Crippen LogP contribution in [0.2, 0.25) is 0 Å². The molecule has 1 aliphatic rings. The topological polar surface area (TPSA) is 43.4 Å². The van der Waals surface area contributed by atoms with Crippen molar-refractivity contribution in [3.05, 3.63) is 0 Å². The summed E-state index contributed by atoms with van der Waals surface area (Å²) < 4.78 is 14.5. The summed E-state index contributed by atoms with van der Waals surface area (Å²) in [5.74, 6) is -0.316. The van der Waals surface area contributed by atoms with E-state index in [0.29, 0.717) is 12.6 Å². The summed E-state index contributed by atoms with van der Waals surface area (Å²) in [5, 5.41) is 0. The van der Waals surface area contributed by atoms with Gasteiger partial charge in [0.25, 0.3) is 0 Å². The van der Waals surface area contributed by atoms with E-state index in [1.165, 1.54) is 0 Å². The lowest BCUT2D eigenvalue weighted by Gasteiger charge is -1.82. The number of hydrogen-bond donors (Lipinski definition) is 0. The van der Waals surface area contributed by atoms with Crippen LogP contribution in [-0.4, -0.2) is 12.1 Å². The second kappa shape index (κ2) is 1.66. The minimum Gasteiger partial charge on any atom is -0.414 e. The highest BCUT2D eigenvalue weighted by Gasteiger charge is 2.16. The van der Waals surface area contributed by atoms with Gasteiger partial charge in [0, 0.05) is 6.16 Å². The molecule has 0 aromatic heterocycles. The fourth-order valence-electron chi connectivity index (χ4n) is 0.433. The fourth-order valence-corrected chi connectivity index (χ4v) is 1.30. The first-order valence-corrected chi connectivity index (χ1v) is 3.55. The highest BCUT2D eigenvalue weighted by Crippen LogP contribution is 2.30. The molecule has 0 saturated carbocycles. The molecule has 0 aromatic carbocycles. The van der Waals surface area contributed by atoms with Gasteiger partial charge in [-0.2, -0.15) is 0 Å². The van der Waals surface area contributed by atoms with Crippen molar-refractivity contribution in [3.8, 4) is 0 Å². The van der Waals surface area contributed by atoms with Crippen LogP contribution in [0.15, 0.2) is 0 Å². The van der Waals surface area contributed by atoms with E-state index in [4.69, 9.17) is 0 Å². The van der Waals surface area contributed by atoms with Crippen LogP contribution < -0.4 is 0 Å². The molecule has 1 saturated heterocycles. The average Bonchev–Trinajstić information content (AvgIpc) is 1.87. The zero-order valence-electron chi connectivity index (χ0n) is 3.64. The van der Waals surface area contributed by atoms with Crippen molar-refractivity contribution >= 4 is 14.0 Å². The Bertz CT molecular complexity index is 105. The fraction of sp³-hybridized carbons (Fsp3) is 0.667. The third-order valence-electron chi connectivity index (χ3n) is 0.761. The van der Waals surface area contributed by atoms with Gasteiger partial charge in [-0.1, -0.05) is 0 Å². The van der Waals surface area contributed by atoms with Crippen LogP contribution in [0.5, 0.6) is 0 Å². The third kappa shape index (κ3) is 1.03. The van der Waals surface area contributed by atoms with Crippen LogP contribution in [0.4, 0.5) is 0 Å². The smallest absolute Gasteiger partial charge is 0.311 e. The summed E-state index contributed by atoms with van der Waals surface area (Å²) in [6.45, 7) is 0. The normalized spacial score (nSPS) is 30.3. The average molecular weight is 120 g/mol. The number of carbonyl (C=O) groups is 1. The Hall–Kier alpha value is -0.300. The molecular formula is C3H5O3P. The van der Waals surface area contributed by atoms with E-state index in [1.807, 2.05) is 0 Å². The van der Waals surface area contributed by atoms with E-state index in [1.54, 1.807) is 0 Å². The molecule has 0 amide bonds. The third-order valence-corrected chi connectivity index (χ3v) is 1.87. The molecule has 0 N–H and O–H groups in total. The number of rotatable bonds is 0. The van der Waals surface area contributed by atoms with Gasteiger partial charge in [0.2, 0.25) is 8.03 Å². The van der Waals surface area contributed by atoms with Crippen LogP contribution >= 0.6 is 8.03 Å². The van der Waals surface area contributed by atoms with Gasteiger partial charge in [0.15, 0.2) is 0 Å². The Balaban J connectivity index is 2.55. The molecule has 1 rings (SSSR count). The van der Waals surface area contributed by atoms with Crippen molar-refractivity contribution < 1.29 is 13.9 Å². The molecule has 0 radical (unpaired) electrons. The van der Waals surface area contributed by atoms with E-state index in [0.717, 1.165) is 0 Å². The predicted octanol–water partition coefficient (Wildman–Crippen LogP) is 0.408. The van der Waals surface area contributed by atoms with Crippen LogP contribution in [0.1, 0.15) is 6.42 Å². The van der Waals surface area contributed by atoms with Gasteiger partial charge in [-0.25, -0.2) is 0 Å². The molecule has 1 fully saturated rings. The second-order valence-corrected chi connectivity index (χ2v) is 2.79. The molecule has 1 aliphatic heterocycles. The maximum absolute atomic E-state index is 10.2. The van der Waals surface area contributed by atoms with Gasteiger partial charge in [-0.3, -0.25) is 9.36 Å². The highest BCUT2D eigenvalue weighted by molar-refractivity contribution is 7.40. The van der Waals surface area contributed by atoms with Gasteiger partial charge in [-0.15, -0.1) is 0 Å². The molecule has 0 bridgehead atoms. The Morgan fingerprint density at radius 2 is 2.43 bits per heavy atom. The van der Waals surface area contributed by atoms with Crippen molar-refractivity contribution in [1.29, 1.82) is 0 Å². The molecule has 1 unspecified atom stereocenters. The molecule has 0 spiro atoms. The minimum atomic E-state index is -1.91. The summed E-state index contributed by atoms with van der Waals surface area (Å²) in [5.41, 5.74) is 0. The molecule has 1 heterocycles. The molecule has 40 valence electrons. The first-order valence-electron chi connectivity index (χ1n) is 2.02. The van der Waals surface area contributed by atoms with Crippen LogP contribution in [0, 0.1) is 0 Å². The first-order chi connectivity index (χ1) is 3.29. The Morgan fingerprint density at radius 3 is 2.57 bits per heavy atom. The SMILES string of the molecule is O=C1CC[PH](=O)O1. The van der Waals surface area contributed by atoms with Gasteiger partial charge in [-0.05, 0) is 0 Å². The Kier molecular flexibility index (Phi) is 1.15. The van der Waals surface area contributed by atoms with Crippen molar-refractivity contribution in [3.63, 3.8) is 0 Å². The van der Waals surface area contributed by atoms with Gasteiger partial charge in [0.05, 0.1) is 6.42 Å². The molecule has 3 nitrogen and oxygen atoms in total. The van der Waals surface area contributed by atoms with E-state index < -0.39 is 8.03 Å². The summed E-state index contributed by atoms with van der Waals surface area (Å²) in [7, 11) is -1.91. The van der Waals surface area contributed by atoms with Crippen molar-refractivity contribution in [1.82, 2.24) is 0 Å². The summed E-state index contributed by atoms with van der Waals surface area (Å²) in [6.07, 6.45) is 0.793. The van der Waals surface area contributed by atoms with E-state index in [2.05, 4.69) is 4.52 Å². The zero-order valence-corrected chi connectivity index (χ0v) is 4.64. The molecular weight excluding hydrogens is 115 g/mol. The monoisotopic (exact) mass is 120 g/mol. The lowest BCUT2D eigenvalue weighted by atomic mass is 10.5. The standard InChI is InChI=1S/C3H5O3P/c4-3-1-2-7(5)6-3/h7H,1-2H2. The highest BCUT2D eigenvalue weighted by atomic mass is 31.1. The molecule has 7 heavy (non-hydrogen) atoms. The van der Waals surface area contributed by atoms with Crippen molar-refractivity contribution in [2.24, 2.45) is 0 Å². The van der Waals surface area contributed by atoms with Crippen LogP contribution in [0.25, 0.3) is 0 Å². The minimum absolute atomic E-state index is 0.316. The van der Waals surface area contributed by atoms with Gasteiger partial charge in [0.1, 0.15) is 0 Å². The quantitative estimate of drug-likeness (QED) is 0.435.